The van der Waals surface area contributed by atoms with Crippen molar-refractivity contribution in [1.29, 1.82) is 0 Å². The summed E-state index contributed by atoms with van der Waals surface area (Å²) >= 11 is 0. The average Bonchev–Trinajstić information content (AvgIpc) is 2.47. The van der Waals surface area contributed by atoms with Crippen LogP contribution in [0.25, 0.3) is 11.0 Å². The SMILES string of the molecule is C=NCc1nc2ccccc2[nH]1. The van der Waals surface area contributed by atoms with E-state index in [2.05, 4.69) is 21.7 Å². The number of aromatic nitrogens is 2. The van der Waals surface area contributed by atoms with E-state index in [0.29, 0.717) is 6.54 Å². The van der Waals surface area contributed by atoms with Gasteiger partial charge < -0.3 is 4.98 Å². The highest BCUT2D eigenvalue weighted by Crippen LogP contribution is 2.10. The first-order chi connectivity index (χ1) is 5.90. The average molecular weight is 159 g/mol. The molecule has 1 aromatic heterocycles. The fourth-order valence-corrected chi connectivity index (χ4v) is 1.19. The molecule has 3 heteroatoms. The second kappa shape index (κ2) is 2.77. The maximum atomic E-state index is 4.31. The van der Waals surface area contributed by atoms with Crippen LogP contribution in [-0.4, -0.2) is 16.7 Å². The Morgan fingerprint density at radius 3 is 3.00 bits per heavy atom. The number of fused-ring (bicyclic) bond motifs is 1. The zero-order chi connectivity index (χ0) is 8.39. The van der Waals surface area contributed by atoms with Crippen molar-refractivity contribution in [2.45, 2.75) is 6.54 Å². The van der Waals surface area contributed by atoms with Crippen LogP contribution in [0, 0.1) is 0 Å². The first kappa shape index (κ1) is 7.03. The molecular formula is C9H9N3. The molecule has 0 atom stereocenters. The first-order valence-corrected chi connectivity index (χ1v) is 3.76. The molecule has 0 spiro atoms. The maximum absolute atomic E-state index is 4.31. The normalized spacial score (nSPS) is 10.3. The molecule has 0 bridgehead atoms. The predicted octanol–water partition coefficient (Wildman–Crippen LogP) is 1.76. The van der Waals surface area contributed by atoms with Gasteiger partial charge in [0.15, 0.2) is 0 Å². The monoisotopic (exact) mass is 159 g/mol. The third-order valence-electron chi connectivity index (χ3n) is 1.70. The van der Waals surface area contributed by atoms with Crippen LogP contribution in [-0.2, 0) is 6.54 Å². The molecule has 3 nitrogen and oxygen atoms in total. The van der Waals surface area contributed by atoms with Crippen LogP contribution in [0.15, 0.2) is 29.3 Å². The minimum Gasteiger partial charge on any atom is -0.340 e. The number of H-pyrrole nitrogens is 1. The van der Waals surface area contributed by atoms with Gasteiger partial charge in [0.05, 0.1) is 17.6 Å². The van der Waals surface area contributed by atoms with Gasteiger partial charge in [-0.05, 0) is 18.9 Å². The van der Waals surface area contributed by atoms with Crippen LogP contribution in [0.2, 0.25) is 0 Å². The van der Waals surface area contributed by atoms with Crippen LogP contribution < -0.4 is 0 Å². The zero-order valence-electron chi connectivity index (χ0n) is 6.62. The number of rotatable bonds is 2. The van der Waals surface area contributed by atoms with Crippen molar-refractivity contribution in [1.82, 2.24) is 9.97 Å². The van der Waals surface area contributed by atoms with Gasteiger partial charge in [-0.2, -0.15) is 0 Å². The highest BCUT2D eigenvalue weighted by molar-refractivity contribution is 5.74. The number of aromatic amines is 1. The lowest BCUT2D eigenvalue weighted by atomic mass is 10.3. The fraction of sp³-hybridized carbons (Fsp3) is 0.111. The van der Waals surface area contributed by atoms with E-state index in [1.807, 2.05) is 24.3 Å². The van der Waals surface area contributed by atoms with Gasteiger partial charge >= 0.3 is 0 Å². The second-order valence-corrected chi connectivity index (χ2v) is 2.58. The van der Waals surface area contributed by atoms with Crippen LogP contribution in [0.5, 0.6) is 0 Å². The van der Waals surface area contributed by atoms with E-state index < -0.39 is 0 Å². The summed E-state index contributed by atoms with van der Waals surface area (Å²) < 4.78 is 0. The summed E-state index contributed by atoms with van der Waals surface area (Å²) in [5.41, 5.74) is 2.03. The van der Waals surface area contributed by atoms with Crippen LogP contribution >= 0.6 is 0 Å². The highest BCUT2D eigenvalue weighted by Gasteiger charge is 1.98. The summed E-state index contributed by atoms with van der Waals surface area (Å²) in [6, 6.07) is 7.91. The highest BCUT2D eigenvalue weighted by atomic mass is 14.9. The van der Waals surface area contributed by atoms with E-state index in [1.165, 1.54) is 0 Å². The van der Waals surface area contributed by atoms with Crippen LogP contribution in [0.4, 0.5) is 0 Å². The molecule has 0 unspecified atom stereocenters. The van der Waals surface area contributed by atoms with Crippen molar-refractivity contribution in [3.8, 4) is 0 Å². The minimum atomic E-state index is 0.550. The Hall–Kier alpha value is -1.64. The molecule has 2 rings (SSSR count). The summed E-state index contributed by atoms with van der Waals surface area (Å²) in [6.45, 7) is 3.97. The summed E-state index contributed by atoms with van der Waals surface area (Å²) in [7, 11) is 0. The fourth-order valence-electron chi connectivity index (χ4n) is 1.19. The number of imidazole rings is 1. The molecule has 0 aliphatic rings. The number of hydrogen-bond acceptors (Lipinski definition) is 2. The number of nitrogens with one attached hydrogen (secondary N) is 1. The minimum absolute atomic E-state index is 0.550. The van der Waals surface area contributed by atoms with Gasteiger partial charge in [-0.1, -0.05) is 12.1 Å². The summed E-state index contributed by atoms with van der Waals surface area (Å²) in [6.07, 6.45) is 0. The lowest BCUT2D eigenvalue weighted by molar-refractivity contribution is 0.967. The third kappa shape index (κ3) is 1.09. The summed E-state index contributed by atoms with van der Waals surface area (Å²) in [5, 5.41) is 0. The first-order valence-electron chi connectivity index (χ1n) is 3.76. The number of para-hydroxylation sites is 2. The summed E-state index contributed by atoms with van der Waals surface area (Å²) in [5.74, 6) is 0.867. The van der Waals surface area contributed by atoms with E-state index in [9.17, 15) is 0 Å². The van der Waals surface area contributed by atoms with E-state index in [0.717, 1.165) is 16.9 Å². The van der Waals surface area contributed by atoms with Gasteiger partial charge in [-0.25, -0.2) is 4.98 Å². The number of hydrogen-bond donors (Lipinski definition) is 1. The topological polar surface area (TPSA) is 41.0 Å². The molecule has 1 N–H and O–H groups in total. The Bertz CT molecular complexity index is 370. The molecule has 1 aromatic carbocycles. The molecule has 0 saturated heterocycles. The molecule has 0 aliphatic heterocycles. The molecule has 0 aliphatic carbocycles. The summed E-state index contributed by atoms with van der Waals surface area (Å²) in [4.78, 5) is 11.2. The molecular weight excluding hydrogens is 150 g/mol. The second-order valence-electron chi connectivity index (χ2n) is 2.58. The van der Waals surface area contributed by atoms with Gasteiger partial charge in [-0.15, -0.1) is 0 Å². The molecule has 1 heterocycles. The van der Waals surface area contributed by atoms with Crippen molar-refractivity contribution in [3.05, 3.63) is 30.1 Å². The number of nitrogens with zero attached hydrogens (tertiary/aromatic N) is 2. The van der Waals surface area contributed by atoms with Gasteiger partial charge in [0.25, 0.3) is 0 Å². The molecule has 60 valence electrons. The van der Waals surface area contributed by atoms with E-state index in [1.54, 1.807) is 0 Å². The molecule has 0 amide bonds. The Labute approximate surface area is 70.2 Å². The van der Waals surface area contributed by atoms with E-state index in [4.69, 9.17) is 0 Å². The largest absolute Gasteiger partial charge is 0.340 e. The van der Waals surface area contributed by atoms with Crippen LogP contribution in [0.1, 0.15) is 5.82 Å². The lowest BCUT2D eigenvalue weighted by Gasteiger charge is -1.83. The number of benzene rings is 1. The number of aliphatic imine (C=N–C) groups is 1. The zero-order valence-corrected chi connectivity index (χ0v) is 6.62. The van der Waals surface area contributed by atoms with Crippen molar-refractivity contribution < 1.29 is 0 Å². The molecule has 0 saturated carbocycles. The van der Waals surface area contributed by atoms with Gasteiger partial charge in [0.2, 0.25) is 0 Å². The Kier molecular flexibility index (Phi) is 1.63. The Morgan fingerprint density at radius 2 is 2.25 bits per heavy atom. The standard InChI is InChI=1S/C9H9N3/c1-10-6-9-11-7-4-2-3-5-8(7)12-9/h2-5H,1,6H2,(H,11,12). The molecule has 0 fully saturated rings. The maximum Gasteiger partial charge on any atom is 0.128 e. The van der Waals surface area contributed by atoms with Crippen molar-refractivity contribution in [3.63, 3.8) is 0 Å². The van der Waals surface area contributed by atoms with Crippen molar-refractivity contribution in [2.75, 3.05) is 0 Å². The molecule has 0 radical (unpaired) electrons. The van der Waals surface area contributed by atoms with E-state index in [-0.39, 0.29) is 0 Å². The van der Waals surface area contributed by atoms with Crippen molar-refractivity contribution >= 4 is 17.8 Å². The Morgan fingerprint density at radius 1 is 1.42 bits per heavy atom. The lowest BCUT2D eigenvalue weighted by Crippen LogP contribution is -1.81. The van der Waals surface area contributed by atoms with Crippen LogP contribution in [0.3, 0.4) is 0 Å². The smallest absolute Gasteiger partial charge is 0.128 e. The molecule has 2 aromatic rings. The van der Waals surface area contributed by atoms with Crippen molar-refractivity contribution in [2.24, 2.45) is 4.99 Å². The van der Waals surface area contributed by atoms with Gasteiger partial charge in [0, 0.05) is 0 Å². The predicted molar refractivity (Wildman–Crippen MR) is 49.3 cm³/mol. The van der Waals surface area contributed by atoms with Gasteiger partial charge in [0.1, 0.15) is 5.82 Å². The molecule has 12 heavy (non-hydrogen) atoms. The third-order valence-corrected chi connectivity index (χ3v) is 1.70. The quantitative estimate of drug-likeness (QED) is 0.666. The van der Waals surface area contributed by atoms with Gasteiger partial charge in [-0.3, -0.25) is 4.99 Å². The van der Waals surface area contributed by atoms with E-state index >= 15 is 0 Å². The Balaban J connectivity index is 2.54.